The van der Waals surface area contributed by atoms with Gasteiger partial charge in [-0.2, -0.15) is 0 Å². The van der Waals surface area contributed by atoms with E-state index in [4.69, 9.17) is 0 Å². The second kappa shape index (κ2) is 8.96. The van der Waals surface area contributed by atoms with E-state index in [2.05, 4.69) is 29.9 Å². The van der Waals surface area contributed by atoms with Crippen molar-refractivity contribution in [1.82, 2.24) is 9.90 Å². The molecule has 0 fully saturated rings. The highest BCUT2D eigenvalue weighted by Crippen LogP contribution is 2.04. The van der Waals surface area contributed by atoms with Crippen molar-refractivity contribution in [1.29, 1.82) is 0 Å². The molecular weight excluding hydrogens is 313 g/mol. The van der Waals surface area contributed by atoms with Gasteiger partial charge in [0.05, 0.1) is 5.21 Å². The van der Waals surface area contributed by atoms with Gasteiger partial charge in [-0.15, -0.1) is 9.36 Å². The highest BCUT2D eigenvalue weighted by atomic mass is 127. The van der Waals surface area contributed by atoms with Crippen LogP contribution in [0.25, 0.3) is 0 Å². The van der Waals surface area contributed by atoms with Crippen LogP contribution in [0, 0.1) is 0 Å². The summed E-state index contributed by atoms with van der Waals surface area (Å²) in [5.41, 5.74) is 1.36. The van der Waals surface area contributed by atoms with E-state index in [0.29, 0.717) is 0 Å². The third-order valence-electron chi connectivity index (χ3n) is 2.70. The first-order valence-electron chi connectivity index (χ1n) is 6.20. The van der Waals surface area contributed by atoms with Gasteiger partial charge in [-0.3, -0.25) is 0 Å². The first-order valence-corrected chi connectivity index (χ1v) is 6.20. The molecule has 94 valence electrons. The van der Waals surface area contributed by atoms with E-state index in [-0.39, 0.29) is 24.0 Å². The molecule has 1 aromatic heterocycles. The van der Waals surface area contributed by atoms with Gasteiger partial charge in [0.2, 0.25) is 0 Å². The molecule has 1 rings (SSSR count). The van der Waals surface area contributed by atoms with Crippen LogP contribution >= 0.6 is 0 Å². The number of hydrogen-bond donors (Lipinski definition) is 0. The van der Waals surface area contributed by atoms with E-state index < -0.39 is 0 Å². The highest BCUT2D eigenvalue weighted by molar-refractivity contribution is 4.85. The lowest BCUT2D eigenvalue weighted by Gasteiger charge is -1.95. The molecular formula is C12H24IN3. The Kier molecular flexibility index (Phi) is 8.89. The fraction of sp³-hybridized carbons (Fsp3) is 0.833. The van der Waals surface area contributed by atoms with Gasteiger partial charge in [0.15, 0.2) is 11.9 Å². The molecule has 0 amide bonds. The van der Waals surface area contributed by atoms with Crippen molar-refractivity contribution in [2.45, 2.75) is 58.9 Å². The summed E-state index contributed by atoms with van der Waals surface area (Å²) in [6.45, 7) is 5.46. The molecule has 0 aliphatic heterocycles. The second-order valence-corrected chi connectivity index (χ2v) is 4.21. The molecule has 0 N–H and O–H groups in total. The summed E-state index contributed by atoms with van der Waals surface area (Å²) in [4.78, 5) is 0. The predicted molar refractivity (Wildman–Crippen MR) is 61.5 cm³/mol. The smallest absolute Gasteiger partial charge is 0.167 e. The van der Waals surface area contributed by atoms with Crippen molar-refractivity contribution in [2.24, 2.45) is 7.05 Å². The zero-order valence-corrected chi connectivity index (χ0v) is 12.9. The molecule has 0 spiro atoms. The molecule has 1 heterocycles. The van der Waals surface area contributed by atoms with Crippen LogP contribution in [0.4, 0.5) is 0 Å². The molecule has 0 saturated heterocycles. The summed E-state index contributed by atoms with van der Waals surface area (Å²) in [7, 11) is 2.04. The second-order valence-electron chi connectivity index (χ2n) is 4.21. The maximum atomic E-state index is 4.43. The molecule has 3 nitrogen and oxygen atoms in total. The molecule has 0 unspecified atom stereocenters. The number of aryl methyl sites for hydroxylation is 3. The van der Waals surface area contributed by atoms with E-state index in [1.54, 1.807) is 0 Å². The Morgan fingerprint density at radius 2 is 1.94 bits per heavy atom. The third kappa shape index (κ3) is 5.27. The summed E-state index contributed by atoms with van der Waals surface area (Å²) in [5, 5.41) is 4.43. The topological polar surface area (TPSA) is 21.7 Å². The molecule has 16 heavy (non-hydrogen) atoms. The maximum absolute atomic E-state index is 4.43. The summed E-state index contributed by atoms with van der Waals surface area (Å²) in [5.74, 6) is 0. The van der Waals surface area contributed by atoms with Crippen LogP contribution in [-0.4, -0.2) is 9.90 Å². The fourth-order valence-electron chi connectivity index (χ4n) is 1.81. The van der Waals surface area contributed by atoms with Crippen molar-refractivity contribution < 1.29 is 28.7 Å². The number of hydrogen-bond acceptors (Lipinski definition) is 1. The van der Waals surface area contributed by atoms with Gasteiger partial charge < -0.3 is 24.0 Å². The molecule has 1 aromatic rings. The third-order valence-corrected chi connectivity index (χ3v) is 2.70. The highest BCUT2D eigenvalue weighted by Gasteiger charge is 2.10. The standard InChI is InChI=1S/C12H24N3.HI/c1-4-6-7-8-9-12-11-15(10-5-2)13-14(12)3;/h11H,4-10H2,1-3H3;1H/q+1;/p-1. The van der Waals surface area contributed by atoms with Crippen LogP contribution in [0.5, 0.6) is 0 Å². The van der Waals surface area contributed by atoms with Gasteiger partial charge in [-0.05, 0) is 12.8 Å². The molecule has 0 bridgehead atoms. The van der Waals surface area contributed by atoms with Crippen LogP contribution < -0.4 is 28.7 Å². The summed E-state index contributed by atoms with van der Waals surface area (Å²) in [6, 6.07) is 0. The van der Waals surface area contributed by atoms with Gasteiger partial charge in [0.1, 0.15) is 13.6 Å². The Balaban J connectivity index is 0.00000225. The molecule has 0 atom stereocenters. The lowest BCUT2D eigenvalue weighted by atomic mass is 10.1. The van der Waals surface area contributed by atoms with Gasteiger partial charge >= 0.3 is 0 Å². The van der Waals surface area contributed by atoms with Crippen LogP contribution in [0.1, 0.15) is 51.6 Å². The molecule has 0 aromatic carbocycles. The number of rotatable bonds is 7. The minimum absolute atomic E-state index is 0. The lowest BCUT2D eigenvalue weighted by Crippen LogP contribution is -3.00. The van der Waals surface area contributed by atoms with Crippen molar-refractivity contribution in [3.63, 3.8) is 0 Å². The predicted octanol–water partition coefficient (Wildman–Crippen LogP) is -0.756. The Bertz CT molecular complexity index is 284. The zero-order valence-electron chi connectivity index (χ0n) is 10.7. The van der Waals surface area contributed by atoms with E-state index in [9.17, 15) is 0 Å². The molecule has 0 radical (unpaired) electrons. The SMILES string of the molecule is CCCCCCc1cn(CCC)n[n+]1C.[I-]. The van der Waals surface area contributed by atoms with Gasteiger partial charge in [0.25, 0.3) is 0 Å². The maximum Gasteiger partial charge on any atom is 0.167 e. The van der Waals surface area contributed by atoms with Crippen molar-refractivity contribution in [3.05, 3.63) is 11.9 Å². The van der Waals surface area contributed by atoms with Crippen molar-refractivity contribution in [2.75, 3.05) is 0 Å². The minimum Gasteiger partial charge on any atom is -1.00 e. The molecule has 0 aliphatic carbocycles. The van der Waals surface area contributed by atoms with Crippen LogP contribution in [0.2, 0.25) is 0 Å². The summed E-state index contributed by atoms with van der Waals surface area (Å²) in [6.07, 6.45) is 9.80. The van der Waals surface area contributed by atoms with Gasteiger partial charge in [0, 0.05) is 6.42 Å². The molecule has 4 heteroatoms. The van der Waals surface area contributed by atoms with E-state index in [0.717, 1.165) is 13.0 Å². The average Bonchev–Trinajstić information content (AvgIpc) is 2.55. The normalized spacial score (nSPS) is 10.2. The average molecular weight is 337 g/mol. The largest absolute Gasteiger partial charge is 1.00 e. The first-order chi connectivity index (χ1) is 7.27. The monoisotopic (exact) mass is 337 g/mol. The van der Waals surface area contributed by atoms with Crippen LogP contribution in [0.3, 0.4) is 0 Å². The number of aromatic nitrogens is 3. The number of halogens is 1. The van der Waals surface area contributed by atoms with E-state index >= 15 is 0 Å². The number of nitrogens with zero attached hydrogens (tertiary/aromatic N) is 3. The van der Waals surface area contributed by atoms with Crippen LogP contribution in [0.15, 0.2) is 6.20 Å². The first kappa shape index (κ1) is 15.9. The van der Waals surface area contributed by atoms with E-state index in [1.165, 1.54) is 37.8 Å². The quantitative estimate of drug-likeness (QED) is 0.364. The van der Waals surface area contributed by atoms with Crippen molar-refractivity contribution >= 4 is 0 Å². The lowest BCUT2D eigenvalue weighted by molar-refractivity contribution is -0.739. The number of unbranched alkanes of at least 4 members (excludes halogenated alkanes) is 3. The van der Waals surface area contributed by atoms with Gasteiger partial charge in [-0.1, -0.05) is 33.1 Å². The van der Waals surface area contributed by atoms with Crippen LogP contribution in [-0.2, 0) is 20.0 Å². The van der Waals surface area contributed by atoms with Crippen molar-refractivity contribution in [3.8, 4) is 0 Å². The Hall–Kier alpha value is -0.130. The summed E-state index contributed by atoms with van der Waals surface area (Å²) >= 11 is 0. The Morgan fingerprint density at radius 1 is 1.19 bits per heavy atom. The fourth-order valence-corrected chi connectivity index (χ4v) is 1.81. The Morgan fingerprint density at radius 3 is 2.56 bits per heavy atom. The Labute approximate surface area is 116 Å². The van der Waals surface area contributed by atoms with Gasteiger partial charge in [-0.25, -0.2) is 0 Å². The molecule has 0 aliphatic rings. The summed E-state index contributed by atoms with van der Waals surface area (Å²) < 4.78 is 4.07. The zero-order chi connectivity index (χ0) is 11.1. The molecule has 0 saturated carbocycles. The van der Waals surface area contributed by atoms with E-state index in [1.807, 2.05) is 11.7 Å². The minimum atomic E-state index is 0.